The van der Waals surface area contributed by atoms with E-state index in [2.05, 4.69) is 6.07 Å². The zero-order chi connectivity index (χ0) is 39.5. The molecule has 0 saturated carbocycles. The first-order valence-corrected chi connectivity index (χ1v) is 19.6. The SMILES string of the molecule is N#Cc1c(N2c3ccccc3CCc3ccccc32)c(F)c(N2c3ccccc3CCc3ccccc32)c(C(F)(F)F)c1N1c2ccccc2CCc2ccccc21. The van der Waals surface area contributed by atoms with E-state index in [-0.39, 0.29) is 5.69 Å². The second kappa shape index (κ2) is 14.0. The highest BCUT2D eigenvalue weighted by Gasteiger charge is 2.47. The number of hydrogen-bond donors (Lipinski definition) is 0. The van der Waals surface area contributed by atoms with Crippen molar-refractivity contribution in [2.45, 2.75) is 44.7 Å². The zero-order valence-corrected chi connectivity index (χ0v) is 31.4. The molecule has 0 spiro atoms. The van der Waals surface area contributed by atoms with Crippen molar-refractivity contribution in [2.75, 3.05) is 14.7 Å². The van der Waals surface area contributed by atoms with Gasteiger partial charge in [0.25, 0.3) is 0 Å². The maximum Gasteiger partial charge on any atom is 0.420 e. The lowest BCUT2D eigenvalue weighted by Gasteiger charge is -2.38. The quantitative estimate of drug-likeness (QED) is 0.168. The second-order valence-corrected chi connectivity index (χ2v) is 15.0. The smallest absolute Gasteiger partial charge is 0.308 e. The van der Waals surface area contributed by atoms with E-state index in [4.69, 9.17) is 0 Å². The predicted octanol–water partition coefficient (Wildman–Crippen LogP) is 13.4. The molecule has 58 heavy (non-hydrogen) atoms. The standard InChI is InChI=1S/C50H36F4N4/c51-46-48(57-41-21-9-3-15-34(41)27-28-35-16-4-10-22-42(35)57)38(31-55)47(56-39-19-7-1-13-32(39)25-26-33-14-2-8-20-40(33)56)45(50(52,53)54)49(46)58-43-23-11-5-17-36(43)29-30-37-18-6-12-24-44(37)58/h1-24H,25-30H2. The van der Waals surface area contributed by atoms with E-state index in [1.807, 2.05) is 97.1 Å². The maximum absolute atomic E-state index is 19.0. The number of benzene rings is 7. The summed E-state index contributed by atoms with van der Waals surface area (Å²) in [6.07, 6.45) is -1.69. The van der Waals surface area contributed by atoms with Gasteiger partial charge in [-0.05, 0) is 108 Å². The van der Waals surface area contributed by atoms with Crippen molar-refractivity contribution in [2.24, 2.45) is 0 Å². The van der Waals surface area contributed by atoms with Crippen LogP contribution in [-0.2, 0) is 44.7 Å². The fourth-order valence-electron chi connectivity index (χ4n) is 9.26. The van der Waals surface area contributed by atoms with Crippen LogP contribution in [0, 0.1) is 17.1 Å². The van der Waals surface area contributed by atoms with Crippen LogP contribution in [0.1, 0.15) is 44.5 Å². The van der Waals surface area contributed by atoms with E-state index >= 15 is 17.6 Å². The fourth-order valence-corrected chi connectivity index (χ4v) is 9.26. The third-order valence-corrected chi connectivity index (χ3v) is 11.8. The molecule has 0 unspecified atom stereocenters. The van der Waals surface area contributed by atoms with Crippen LogP contribution < -0.4 is 14.7 Å². The Kier molecular flexibility index (Phi) is 8.56. The first-order chi connectivity index (χ1) is 28.3. The molecule has 0 N–H and O–H groups in total. The van der Waals surface area contributed by atoms with Crippen LogP contribution in [-0.4, -0.2) is 0 Å². The molecule has 0 aromatic heterocycles. The molecule has 4 nitrogen and oxygen atoms in total. The summed E-state index contributed by atoms with van der Waals surface area (Å²) in [4.78, 5) is 4.75. The van der Waals surface area contributed by atoms with Gasteiger partial charge in [-0.2, -0.15) is 18.4 Å². The van der Waals surface area contributed by atoms with Crippen molar-refractivity contribution in [3.05, 3.63) is 196 Å². The van der Waals surface area contributed by atoms with Crippen molar-refractivity contribution < 1.29 is 17.6 Å². The summed E-state index contributed by atoms with van der Waals surface area (Å²) in [7, 11) is 0. The molecule has 0 aliphatic carbocycles. The zero-order valence-electron chi connectivity index (χ0n) is 31.4. The van der Waals surface area contributed by atoms with Gasteiger partial charge in [-0.25, -0.2) is 4.39 Å². The lowest BCUT2D eigenvalue weighted by Crippen LogP contribution is -2.27. The van der Waals surface area contributed by atoms with Gasteiger partial charge in [-0.1, -0.05) is 109 Å². The molecular weight excluding hydrogens is 733 g/mol. The molecule has 8 heteroatoms. The summed E-state index contributed by atoms with van der Waals surface area (Å²) in [6.45, 7) is 0. The Bertz CT molecular complexity index is 2660. The second-order valence-electron chi connectivity index (χ2n) is 15.0. The van der Waals surface area contributed by atoms with E-state index in [0.717, 1.165) is 33.4 Å². The Labute approximate surface area is 334 Å². The van der Waals surface area contributed by atoms with Crippen molar-refractivity contribution in [3.8, 4) is 6.07 Å². The van der Waals surface area contributed by atoms with Gasteiger partial charge in [0.1, 0.15) is 22.9 Å². The van der Waals surface area contributed by atoms with E-state index < -0.39 is 34.5 Å². The van der Waals surface area contributed by atoms with Crippen LogP contribution in [0.2, 0.25) is 0 Å². The number of alkyl halides is 3. The highest BCUT2D eigenvalue weighted by atomic mass is 19.4. The molecule has 3 heterocycles. The number of hydrogen-bond acceptors (Lipinski definition) is 4. The Hall–Kier alpha value is -6.85. The fraction of sp³-hybridized carbons (Fsp3) is 0.140. The molecule has 7 aromatic carbocycles. The van der Waals surface area contributed by atoms with Crippen LogP contribution in [0.25, 0.3) is 0 Å². The van der Waals surface area contributed by atoms with Crippen molar-refractivity contribution >= 4 is 51.2 Å². The molecule has 3 aliphatic rings. The molecule has 284 valence electrons. The molecule has 0 amide bonds. The molecule has 10 rings (SSSR count). The number of para-hydroxylation sites is 6. The summed E-state index contributed by atoms with van der Waals surface area (Å²) < 4.78 is 69.4. The van der Waals surface area contributed by atoms with Gasteiger partial charge in [-0.3, -0.25) is 0 Å². The number of nitriles is 1. The number of anilines is 9. The van der Waals surface area contributed by atoms with E-state index in [9.17, 15) is 5.26 Å². The maximum atomic E-state index is 19.0. The minimum atomic E-state index is -5.14. The molecule has 7 aromatic rings. The van der Waals surface area contributed by atoms with Gasteiger partial charge >= 0.3 is 6.18 Å². The number of rotatable bonds is 3. The van der Waals surface area contributed by atoms with Crippen molar-refractivity contribution in [3.63, 3.8) is 0 Å². The minimum absolute atomic E-state index is 0.235. The normalized spacial score (nSPS) is 14.4. The van der Waals surface area contributed by atoms with E-state index in [0.29, 0.717) is 72.6 Å². The van der Waals surface area contributed by atoms with Gasteiger partial charge in [0, 0.05) is 34.1 Å². The van der Waals surface area contributed by atoms with Crippen LogP contribution in [0.15, 0.2) is 146 Å². The van der Waals surface area contributed by atoms with Gasteiger partial charge in [0.05, 0.1) is 11.4 Å². The Morgan fingerprint density at radius 1 is 0.397 bits per heavy atom. The van der Waals surface area contributed by atoms with Crippen LogP contribution in [0.4, 0.5) is 68.7 Å². The van der Waals surface area contributed by atoms with Crippen molar-refractivity contribution in [1.82, 2.24) is 0 Å². The third-order valence-electron chi connectivity index (χ3n) is 11.8. The molecule has 0 fully saturated rings. The van der Waals surface area contributed by atoms with Crippen LogP contribution >= 0.6 is 0 Å². The Balaban J connectivity index is 1.45. The summed E-state index contributed by atoms with van der Waals surface area (Å²) in [5.74, 6) is -1.14. The molecule has 0 saturated heterocycles. The Morgan fingerprint density at radius 3 is 0.931 bits per heavy atom. The molecule has 0 radical (unpaired) electrons. The average Bonchev–Trinajstić information content (AvgIpc) is 3.60. The van der Waals surface area contributed by atoms with Gasteiger partial charge < -0.3 is 14.7 Å². The van der Waals surface area contributed by atoms with E-state index in [1.54, 1.807) is 58.3 Å². The van der Waals surface area contributed by atoms with Gasteiger partial charge in [-0.15, -0.1) is 0 Å². The summed E-state index contributed by atoms with van der Waals surface area (Å²) in [5.41, 5.74) is 5.17. The Morgan fingerprint density at radius 2 is 0.655 bits per heavy atom. The first-order valence-electron chi connectivity index (χ1n) is 19.6. The molecule has 0 bridgehead atoms. The molecule has 3 aliphatic heterocycles. The van der Waals surface area contributed by atoms with Gasteiger partial charge in [0.15, 0.2) is 5.82 Å². The van der Waals surface area contributed by atoms with Gasteiger partial charge in [0.2, 0.25) is 0 Å². The predicted molar refractivity (Wildman–Crippen MR) is 222 cm³/mol. The average molecular weight is 769 g/mol. The summed E-state index contributed by atoms with van der Waals surface area (Å²) >= 11 is 0. The van der Waals surface area contributed by atoms with Crippen LogP contribution in [0.3, 0.4) is 0 Å². The third kappa shape index (κ3) is 5.64. The first kappa shape index (κ1) is 35.6. The van der Waals surface area contributed by atoms with Crippen LogP contribution in [0.5, 0.6) is 0 Å². The molecule has 0 atom stereocenters. The lowest BCUT2D eigenvalue weighted by atomic mass is 9.95. The van der Waals surface area contributed by atoms with Crippen molar-refractivity contribution in [1.29, 1.82) is 5.26 Å². The topological polar surface area (TPSA) is 33.5 Å². The summed E-state index contributed by atoms with van der Waals surface area (Å²) in [5, 5.41) is 11.5. The number of nitrogens with zero attached hydrogens (tertiary/aromatic N) is 4. The highest BCUT2D eigenvalue weighted by molar-refractivity contribution is 5.99. The highest BCUT2D eigenvalue weighted by Crippen LogP contribution is 2.59. The number of fused-ring (bicyclic) bond motifs is 6. The largest absolute Gasteiger partial charge is 0.420 e. The minimum Gasteiger partial charge on any atom is -0.308 e. The number of halogens is 4. The number of aryl methyl sites for hydroxylation is 6. The molecular formula is C50H36F4N4. The summed E-state index contributed by atoms with van der Waals surface area (Å²) in [6, 6.07) is 46.8. The monoisotopic (exact) mass is 768 g/mol. The lowest BCUT2D eigenvalue weighted by molar-refractivity contribution is -0.136. The van der Waals surface area contributed by atoms with E-state index in [1.165, 1.54) is 4.90 Å².